The lowest BCUT2D eigenvalue weighted by Crippen LogP contribution is -2.55. The molecule has 2 aromatic carbocycles. The number of ether oxygens (including phenoxy) is 2. The van der Waals surface area contributed by atoms with Gasteiger partial charge in [0, 0.05) is 5.02 Å². The van der Waals surface area contributed by atoms with Crippen LogP contribution in [-0.4, -0.2) is 82.2 Å². The van der Waals surface area contributed by atoms with Crippen LogP contribution in [0.25, 0.3) is 0 Å². The van der Waals surface area contributed by atoms with Gasteiger partial charge in [0.2, 0.25) is 0 Å². The highest BCUT2D eigenvalue weighted by atomic mass is 35.5. The minimum Gasteiger partial charge on any atom is -0.497 e. The van der Waals surface area contributed by atoms with Crippen molar-refractivity contribution in [3.05, 3.63) is 64.2 Å². The van der Waals surface area contributed by atoms with Gasteiger partial charge in [-0.3, -0.25) is 4.79 Å². The summed E-state index contributed by atoms with van der Waals surface area (Å²) in [5.74, 6) is 0.0439. The first-order valence-electron chi connectivity index (χ1n) is 11.4. The fourth-order valence-electron chi connectivity index (χ4n) is 4.14. The zero-order valence-electron chi connectivity index (χ0n) is 19.4. The summed E-state index contributed by atoms with van der Waals surface area (Å²) in [5, 5.41) is 51.4. The first-order valence-corrected chi connectivity index (χ1v) is 11.8. The number of hydrogen-bond acceptors (Lipinski definition) is 8. The molecular weight excluding hydrogens is 478 g/mol. The van der Waals surface area contributed by atoms with Crippen molar-refractivity contribution >= 4 is 17.6 Å². The van der Waals surface area contributed by atoms with Crippen LogP contribution in [0.15, 0.2) is 42.5 Å². The fourth-order valence-corrected chi connectivity index (χ4v) is 4.33. The molecule has 6 atom stereocenters. The third-order valence-electron chi connectivity index (χ3n) is 6.20. The van der Waals surface area contributed by atoms with Gasteiger partial charge in [-0.25, -0.2) is 0 Å². The Kier molecular flexibility index (Phi) is 9.88. The van der Waals surface area contributed by atoms with Crippen molar-refractivity contribution in [1.82, 2.24) is 5.32 Å². The molecule has 0 radical (unpaired) electrons. The number of nitrogens with one attached hydrogen (secondary N) is 1. The van der Waals surface area contributed by atoms with Crippen molar-refractivity contribution in [2.24, 2.45) is 0 Å². The van der Waals surface area contributed by atoms with E-state index in [1.807, 2.05) is 24.3 Å². The number of aliphatic hydroxyl groups is 4. The molecule has 192 valence electrons. The second kappa shape index (κ2) is 12.6. The monoisotopic (exact) mass is 509 g/mol. The number of benzene rings is 2. The predicted octanol–water partition coefficient (Wildman–Crippen LogP) is 1.28. The maximum Gasteiger partial charge on any atom is 0.320 e. The van der Waals surface area contributed by atoms with E-state index in [1.54, 1.807) is 25.3 Å². The maximum atomic E-state index is 10.3. The molecule has 0 bridgehead atoms. The van der Waals surface area contributed by atoms with Crippen molar-refractivity contribution in [2.75, 3.05) is 20.3 Å². The number of halogens is 1. The van der Waals surface area contributed by atoms with Gasteiger partial charge in [0.1, 0.15) is 42.3 Å². The maximum absolute atomic E-state index is 10.3. The molecule has 0 aromatic heterocycles. The molecule has 0 amide bonds. The highest BCUT2D eigenvalue weighted by Crippen LogP contribution is 2.34. The number of hydrogen-bond donors (Lipinski definition) is 6. The minimum atomic E-state index is -1.42. The molecule has 2 aliphatic heterocycles. The van der Waals surface area contributed by atoms with Crippen LogP contribution in [0.4, 0.5) is 0 Å². The average Bonchev–Trinajstić information content (AvgIpc) is 3.41. The third-order valence-corrected chi connectivity index (χ3v) is 6.57. The summed E-state index contributed by atoms with van der Waals surface area (Å²) in [7, 11) is 1.61. The van der Waals surface area contributed by atoms with Gasteiger partial charge >= 0.3 is 5.97 Å². The first kappa shape index (κ1) is 27.3. The van der Waals surface area contributed by atoms with Crippen LogP contribution in [-0.2, 0) is 16.0 Å². The topological polar surface area (TPSA) is 149 Å². The Morgan fingerprint density at radius 2 is 1.83 bits per heavy atom. The molecule has 4 rings (SSSR count). The Balaban J connectivity index is 0.000000363. The van der Waals surface area contributed by atoms with E-state index >= 15 is 0 Å². The quantitative estimate of drug-likeness (QED) is 0.338. The zero-order valence-corrected chi connectivity index (χ0v) is 20.1. The van der Waals surface area contributed by atoms with E-state index in [9.17, 15) is 25.2 Å². The minimum absolute atomic E-state index is 0.269. The molecule has 2 aliphatic rings. The van der Waals surface area contributed by atoms with E-state index in [2.05, 4.69) is 5.32 Å². The van der Waals surface area contributed by atoms with E-state index in [0.29, 0.717) is 17.0 Å². The summed E-state index contributed by atoms with van der Waals surface area (Å²) < 4.78 is 10.8. The number of carboxylic acids is 1. The largest absolute Gasteiger partial charge is 0.497 e. The van der Waals surface area contributed by atoms with Crippen molar-refractivity contribution in [1.29, 1.82) is 0 Å². The second-order valence-electron chi connectivity index (χ2n) is 8.61. The van der Waals surface area contributed by atoms with Gasteiger partial charge in [0.15, 0.2) is 0 Å². The van der Waals surface area contributed by atoms with Crippen molar-refractivity contribution < 1.29 is 39.8 Å². The van der Waals surface area contributed by atoms with E-state index < -0.39 is 43.1 Å². The molecule has 35 heavy (non-hydrogen) atoms. The lowest BCUT2D eigenvalue weighted by atomic mass is 9.90. The van der Waals surface area contributed by atoms with Crippen LogP contribution in [0.3, 0.4) is 0 Å². The number of aliphatic hydroxyl groups excluding tert-OH is 4. The Labute approximate surface area is 208 Å². The molecule has 2 saturated heterocycles. The summed E-state index contributed by atoms with van der Waals surface area (Å²) in [6, 6.07) is 12.6. The lowest BCUT2D eigenvalue weighted by Gasteiger charge is -2.40. The van der Waals surface area contributed by atoms with Gasteiger partial charge in [0.25, 0.3) is 0 Å². The lowest BCUT2D eigenvalue weighted by molar-refractivity contribution is -0.231. The Morgan fingerprint density at radius 1 is 1.11 bits per heavy atom. The molecule has 10 heteroatoms. The first-order chi connectivity index (χ1) is 16.7. The van der Waals surface area contributed by atoms with Crippen LogP contribution >= 0.6 is 11.6 Å². The molecule has 0 aliphatic carbocycles. The van der Waals surface area contributed by atoms with Gasteiger partial charge in [-0.2, -0.15) is 0 Å². The van der Waals surface area contributed by atoms with Crippen LogP contribution in [0, 0.1) is 0 Å². The fraction of sp³-hybridized carbons (Fsp3) is 0.480. The van der Waals surface area contributed by atoms with Gasteiger partial charge in [-0.05, 0) is 60.7 Å². The predicted molar refractivity (Wildman–Crippen MR) is 129 cm³/mol. The van der Waals surface area contributed by atoms with Gasteiger partial charge in [-0.15, -0.1) is 0 Å². The Hall–Kier alpha value is -2.24. The van der Waals surface area contributed by atoms with Gasteiger partial charge in [0.05, 0.1) is 13.7 Å². The van der Waals surface area contributed by atoms with Crippen molar-refractivity contribution in [2.45, 2.75) is 55.8 Å². The van der Waals surface area contributed by atoms with Crippen LogP contribution < -0.4 is 10.1 Å². The van der Waals surface area contributed by atoms with Crippen LogP contribution in [0.5, 0.6) is 5.75 Å². The molecule has 2 heterocycles. The molecule has 2 aromatic rings. The number of carbonyl (C=O) groups is 1. The SMILES string of the molecule is COc1ccc(Cc2cc([C@@H]3O[C@H](CO)[C@@H](O)[C@H](O)[C@H]3O)ccc2Cl)cc1.O=C(O)[C@@H]1CCCN1. The summed E-state index contributed by atoms with van der Waals surface area (Å²) in [6.45, 7) is 0.394. The molecular formula is C25H32ClNO8. The summed E-state index contributed by atoms with van der Waals surface area (Å²) >= 11 is 6.33. The van der Waals surface area contributed by atoms with E-state index in [0.717, 1.165) is 36.3 Å². The summed E-state index contributed by atoms with van der Waals surface area (Å²) in [5.41, 5.74) is 2.47. The number of aliphatic carboxylic acids is 1. The smallest absolute Gasteiger partial charge is 0.320 e. The Bertz CT molecular complexity index is 964. The van der Waals surface area contributed by atoms with Crippen molar-refractivity contribution in [3.8, 4) is 5.75 Å². The summed E-state index contributed by atoms with van der Waals surface area (Å²) in [4.78, 5) is 10.1. The van der Waals surface area contributed by atoms with Gasteiger partial charge in [-0.1, -0.05) is 35.9 Å². The number of methoxy groups -OCH3 is 1. The standard InChI is InChI=1S/C20H23ClO6.C5H9NO2/c1-26-14-5-2-11(3-6-14)8-13-9-12(4-7-15(13)21)20-19(25)18(24)17(23)16(10-22)27-20;7-5(8)4-2-1-3-6-4/h2-7,9,16-20,22-25H,8,10H2,1H3;4,6H,1-3H2,(H,7,8)/t16-,17-,18+,19-,20+;4-/m10/s1. The summed E-state index contributed by atoms with van der Waals surface area (Å²) in [6.07, 6.45) is -3.60. The Morgan fingerprint density at radius 3 is 2.37 bits per heavy atom. The molecule has 0 saturated carbocycles. The highest BCUT2D eigenvalue weighted by Gasteiger charge is 2.44. The van der Waals surface area contributed by atoms with E-state index in [4.69, 9.17) is 26.2 Å². The number of rotatable bonds is 6. The third kappa shape index (κ3) is 6.92. The molecule has 9 nitrogen and oxygen atoms in total. The highest BCUT2D eigenvalue weighted by molar-refractivity contribution is 6.31. The second-order valence-corrected chi connectivity index (χ2v) is 9.02. The molecule has 2 fully saturated rings. The van der Waals surface area contributed by atoms with Crippen LogP contribution in [0.1, 0.15) is 35.6 Å². The van der Waals surface area contributed by atoms with E-state index in [1.165, 1.54) is 0 Å². The van der Waals surface area contributed by atoms with Gasteiger partial charge < -0.3 is 40.3 Å². The number of carboxylic acid groups (broad SMARTS) is 1. The average molecular weight is 510 g/mol. The van der Waals surface area contributed by atoms with Crippen molar-refractivity contribution in [3.63, 3.8) is 0 Å². The van der Waals surface area contributed by atoms with E-state index in [-0.39, 0.29) is 6.04 Å². The molecule has 0 spiro atoms. The van der Waals surface area contributed by atoms with Crippen LogP contribution in [0.2, 0.25) is 5.02 Å². The molecule has 6 N–H and O–H groups in total. The zero-order chi connectivity index (χ0) is 25.5. The normalized spacial score (nSPS) is 28.2. The molecule has 0 unspecified atom stereocenters.